The normalized spacial score (nSPS) is 12.2. The molecule has 3 aromatic rings. The molecule has 0 fully saturated rings. The maximum Gasteiger partial charge on any atom is 0.343 e. The van der Waals surface area contributed by atoms with Gasteiger partial charge in [0.05, 0.1) is 18.6 Å². The van der Waals surface area contributed by atoms with Crippen molar-refractivity contribution in [2.45, 2.75) is 32.6 Å². The second-order valence-electron chi connectivity index (χ2n) is 7.47. The number of esters is 2. The Labute approximate surface area is 181 Å². The lowest BCUT2D eigenvalue weighted by Gasteiger charge is -2.08. The number of hydrogen-bond donors (Lipinski definition) is 0. The van der Waals surface area contributed by atoms with Crippen LogP contribution in [0.4, 0.5) is 0 Å². The highest BCUT2D eigenvalue weighted by Gasteiger charge is 2.21. The first-order chi connectivity index (χ1) is 15.1. The summed E-state index contributed by atoms with van der Waals surface area (Å²) in [6.07, 6.45) is 3.66. The highest BCUT2D eigenvalue weighted by Crippen LogP contribution is 2.30. The maximum absolute atomic E-state index is 12.5. The number of hydrogen-bond acceptors (Lipinski definition) is 5. The predicted octanol–water partition coefficient (Wildman–Crippen LogP) is 5.60. The Hall–Kier alpha value is -3.60. The first-order valence-corrected chi connectivity index (χ1v) is 10.5. The van der Waals surface area contributed by atoms with Crippen LogP contribution in [0, 0.1) is 0 Å². The molecule has 0 saturated heterocycles. The van der Waals surface area contributed by atoms with E-state index in [9.17, 15) is 9.59 Å². The van der Waals surface area contributed by atoms with E-state index in [0.29, 0.717) is 17.1 Å². The highest BCUT2D eigenvalue weighted by atomic mass is 16.5. The van der Waals surface area contributed by atoms with E-state index in [1.807, 2.05) is 36.4 Å². The summed E-state index contributed by atoms with van der Waals surface area (Å²) in [6, 6.07) is 20.2. The van der Waals surface area contributed by atoms with E-state index in [0.717, 1.165) is 35.5 Å². The molecule has 0 bridgehead atoms. The van der Waals surface area contributed by atoms with Gasteiger partial charge in [-0.25, -0.2) is 4.79 Å². The van der Waals surface area contributed by atoms with Crippen LogP contribution in [0.1, 0.15) is 42.1 Å². The van der Waals surface area contributed by atoms with E-state index < -0.39 is 5.97 Å². The minimum Gasteiger partial charge on any atom is -0.494 e. The minimum atomic E-state index is -0.466. The monoisotopic (exact) mass is 416 g/mol. The Morgan fingerprint density at radius 3 is 2.29 bits per heavy atom. The van der Waals surface area contributed by atoms with Gasteiger partial charge in [0.2, 0.25) is 0 Å². The fraction of sp³-hybridized carbons (Fsp3) is 0.231. The molecular weight excluding hydrogens is 392 g/mol. The molecule has 0 N–H and O–H groups in total. The summed E-state index contributed by atoms with van der Waals surface area (Å²) in [5, 5.41) is 0. The molecule has 31 heavy (non-hydrogen) atoms. The van der Waals surface area contributed by atoms with Crippen LogP contribution in [0.3, 0.4) is 0 Å². The third kappa shape index (κ3) is 5.12. The average molecular weight is 416 g/mol. The number of unbranched alkanes of at least 4 members (excludes halogenated alkanes) is 2. The first-order valence-electron chi connectivity index (χ1n) is 10.5. The number of carbonyl (C=O) groups excluding carboxylic acids is 2. The molecule has 1 heterocycles. The minimum absolute atomic E-state index is 0.247. The summed E-state index contributed by atoms with van der Waals surface area (Å²) < 4.78 is 16.3. The third-order valence-electron chi connectivity index (χ3n) is 5.13. The summed E-state index contributed by atoms with van der Waals surface area (Å²) in [4.78, 5) is 23.8. The maximum atomic E-state index is 12.5. The molecule has 1 aliphatic rings. The van der Waals surface area contributed by atoms with E-state index in [2.05, 4.69) is 6.92 Å². The number of fused-ring (bicyclic) bond motifs is 1. The van der Waals surface area contributed by atoms with Gasteiger partial charge in [-0.15, -0.1) is 0 Å². The molecule has 0 saturated carbocycles. The van der Waals surface area contributed by atoms with Gasteiger partial charge in [-0.05, 0) is 47.9 Å². The van der Waals surface area contributed by atoms with E-state index in [1.165, 1.54) is 12.8 Å². The van der Waals surface area contributed by atoms with Crippen molar-refractivity contribution < 1.29 is 23.8 Å². The Kier molecular flexibility index (Phi) is 6.32. The highest BCUT2D eigenvalue weighted by molar-refractivity contribution is 5.92. The SMILES string of the molecule is CCCCCOc1ccc(-c2ccc(C(=O)Oc3ccc4c(c3)OC(=O)C4)cc2)cc1. The van der Waals surface area contributed by atoms with Crippen molar-refractivity contribution in [1.82, 2.24) is 0 Å². The Bertz CT molecular complexity index is 1070. The van der Waals surface area contributed by atoms with Gasteiger partial charge in [-0.3, -0.25) is 4.79 Å². The van der Waals surface area contributed by atoms with Gasteiger partial charge < -0.3 is 14.2 Å². The first kappa shape index (κ1) is 20.7. The van der Waals surface area contributed by atoms with Crippen LogP contribution >= 0.6 is 0 Å². The molecule has 0 radical (unpaired) electrons. The van der Waals surface area contributed by atoms with Crippen molar-refractivity contribution in [2.24, 2.45) is 0 Å². The zero-order valence-corrected chi connectivity index (χ0v) is 17.4. The second kappa shape index (κ2) is 9.47. The molecule has 0 unspecified atom stereocenters. The quantitative estimate of drug-likeness (QED) is 0.272. The van der Waals surface area contributed by atoms with Crippen LogP contribution in [0.2, 0.25) is 0 Å². The smallest absolute Gasteiger partial charge is 0.343 e. The molecular formula is C26H24O5. The molecule has 158 valence electrons. The zero-order valence-electron chi connectivity index (χ0n) is 17.4. The van der Waals surface area contributed by atoms with E-state index in [-0.39, 0.29) is 12.4 Å². The zero-order chi connectivity index (χ0) is 21.6. The van der Waals surface area contributed by atoms with Crippen molar-refractivity contribution >= 4 is 11.9 Å². The molecule has 0 aliphatic carbocycles. The van der Waals surface area contributed by atoms with Crippen LogP contribution in [0.25, 0.3) is 11.1 Å². The molecule has 0 amide bonds. The molecule has 1 aliphatic heterocycles. The third-order valence-corrected chi connectivity index (χ3v) is 5.13. The van der Waals surface area contributed by atoms with Gasteiger partial charge in [-0.2, -0.15) is 0 Å². The van der Waals surface area contributed by atoms with Gasteiger partial charge in [-0.1, -0.05) is 50.1 Å². The Morgan fingerprint density at radius 2 is 1.58 bits per heavy atom. The summed E-state index contributed by atoms with van der Waals surface area (Å²) in [5.41, 5.74) is 3.28. The molecule has 0 aromatic heterocycles. The van der Waals surface area contributed by atoms with Crippen LogP contribution in [0.5, 0.6) is 17.2 Å². The molecule has 4 rings (SSSR count). The molecule has 3 aromatic carbocycles. The van der Waals surface area contributed by atoms with Gasteiger partial charge in [0, 0.05) is 11.6 Å². The number of benzene rings is 3. The number of ether oxygens (including phenoxy) is 3. The van der Waals surface area contributed by atoms with Crippen LogP contribution in [0.15, 0.2) is 66.7 Å². The van der Waals surface area contributed by atoms with Crippen molar-refractivity contribution in [1.29, 1.82) is 0 Å². The van der Waals surface area contributed by atoms with Crippen molar-refractivity contribution in [2.75, 3.05) is 6.61 Å². The number of carbonyl (C=O) groups is 2. The number of rotatable bonds is 8. The average Bonchev–Trinajstić information content (AvgIpc) is 3.16. The largest absolute Gasteiger partial charge is 0.494 e. The standard InChI is InChI=1S/C26H24O5/c1-2-3-4-15-29-22-12-9-19(10-13-22)18-5-7-20(8-6-18)26(28)30-23-14-11-21-16-25(27)31-24(21)17-23/h5-14,17H,2-4,15-16H2,1H3. The fourth-order valence-corrected chi connectivity index (χ4v) is 3.40. The summed E-state index contributed by atoms with van der Waals surface area (Å²) in [5.74, 6) is 0.886. The molecule has 5 nitrogen and oxygen atoms in total. The van der Waals surface area contributed by atoms with Crippen LogP contribution < -0.4 is 14.2 Å². The lowest BCUT2D eigenvalue weighted by atomic mass is 10.0. The summed E-state index contributed by atoms with van der Waals surface area (Å²) >= 11 is 0. The van der Waals surface area contributed by atoms with Crippen molar-refractivity contribution in [3.05, 3.63) is 77.9 Å². The van der Waals surface area contributed by atoms with Gasteiger partial charge in [0.15, 0.2) is 0 Å². The fourth-order valence-electron chi connectivity index (χ4n) is 3.40. The van der Waals surface area contributed by atoms with Gasteiger partial charge in [0.25, 0.3) is 0 Å². The topological polar surface area (TPSA) is 61.8 Å². The van der Waals surface area contributed by atoms with E-state index in [1.54, 1.807) is 30.3 Å². The van der Waals surface area contributed by atoms with Crippen LogP contribution in [-0.2, 0) is 11.2 Å². The summed E-state index contributed by atoms with van der Waals surface area (Å²) in [7, 11) is 0. The van der Waals surface area contributed by atoms with E-state index in [4.69, 9.17) is 14.2 Å². The van der Waals surface area contributed by atoms with Crippen molar-refractivity contribution in [3.63, 3.8) is 0 Å². The van der Waals surface area contributed by atoms with E-state index >= 15 is 0 Å². The molecule has 5 heteroatoms. The van der Waals surface area contributed by atoms with Crippen LogP contribution in [-0.4, -0.2) is 18.5 Å². The van der Waals surface area contributed by atoms with Gasteiger partial charge >= 0.3 is 11.9 Å². The Balaban J connectivity index is 1.37. The predicted molar refractivity (Wildman–Crippen MR) is 118 cm³/mol. The lowest BCUT2D eigenvalue weighted by Crippen LogP contribution is -2.08. The van der Waals surface area contributed by atoms with Gasteiger partial charge in [0.1, 0.15) is 17.2 Å². The Morgan fingerprint density at radius 1 is 0.903 bits per heavy atom. The molecule has 0 spiro atoms. The molecule has 0 atom stereocenters. The van der Waals surface area contributed by atoms with Crippen molar-refractivity contribution in [3.8, 4) is 28.4 Å². The lowest BCUT2D eigenvalue weighted by molar-refractivity contribution is -0.131. The summed E-state index contributed by atoms with van der Waals surface area (Å²) in [6.45, 7) is 2.90. The second-order valence-corrected chi connectivity index (χ2v) is 7.47.